The number of hydrogen-bond donors (Lipinski definition) is 1. The molecule has 1 N–H and O–H groups in total. The molecule has 0 heterocycles. The SMILES string of the molecule is CCNC(CC1CC2CCC1C2)c1ccc(Br)cc1F. The lowest BCUT2D eigenvalue weighted by atomic mass is 9.82. The summed E-state index contributed by atoms with van der Waals surface area (Å²) in [7, 11) is 0. The zero-order valence-electron chi connectivity index (χ0n) is 12.0. The van der Waals surface area contributed by atoms with Crippen molar-refractivity contribution < 1.29 is 4.39 Å². The van der Waals surface area contributed by atoms with Crippen molar-refractivity contribution in [3.8, 4) is 0 Å². The maximum atomic E-state index is 14.2. The third kappa shape index (κ3) is 2.94. The topological polar surface area (TPSA) is 12.0 Å². The lowest BCUT2D eigenvalue weighted by molar-refractivity contribution is 0.278. The van der Waals surface area contributed by atoms with Crippen LogP contribution in [0.1, 0.15) is 50.6 Å². The number of benzene rings is 1. The van der Waals surface area contributed by atoms with Gasteiger partial charge in [-0.25, -0.2) is 4.39 Å². The summed E-state index contributed by atoms with van der Waals surface area (Å²) in [6, 6.07) is 5.63. The van der Waals surface area contributed by atoms with Gasteiger partial charge in [0.05, 0.1) is 0 Å². The Morgan fingerprint density at radius 1 is 1.35 bits per heavy atom. The Morgan fingerprint density at radius 3 is 2.80 bits per heavy atom. The van der Waals surface area contributed by atoms with E-state index < -0.39 is 0 Å². The number of nitrogens with one attached hydrogen (secondary N) is 1. The fraction of sp³-hybridized carbons (Fsp3) is 0.647. The predicted molar refractivity (Wildman–Crippen MR) is 84.1 cm³/mol. The van der Waals surface area contributed by atoms with Crippen molar-refractivity contribution in [2.24, 2.45) is 17.8 Å². The molecule has 0 saturated heterocycles. The van der Waals surface area contributed by atoms with Crippen molar-refractivity contribution in [1.29, 1.82) is 0 Å². The molecule has 3 heteroatoms. The fourth-order valence-electron chi connectivity index (χ4n) is 4.32. The second-order valence-electron chi connectivity index (χ2n) is 6.45. The number of hydrogen-bond acceptors (Lipinski definition) is 1. The van der Waals surface area contributed by atoms with E-state index in [0.717, 1.165) is 40.8 Å². The largest absolute Gasteiger partial charge is 0.310 e. The second kappa shape index (κ2) is 6.15. The van der Waals surface area contributed by atoms with E-state index in [2.05, 4.69) is 28.2 Å². The molecule has 4 unspecified atom stereocenters. The zero-order chi connectivity index (χ0) is 14.1. The van der Waals surface area contributed by atoms with Gasteiger partial charge in [0.1, 0.15) is 5.82 Å². The van der Waals surface area contributed by atoms with Crippen LogP contribution in [0.2, 0.25) is 0 Å². The van der Waals surface area contributed by atoms with E-state index in [1.807, 2.05) is 12.1 Å². The van der Waals surface area contributed by atoms with Crippen molar-refractivity contribution >= 4 is 15.9 Å². The van der Waals surface area contributed by atoms with Gasteiger partial charge < -0.3 is 5.32 Å². The first-order valence-corrected chi connectivity index (χ1v) is 8.65. The molecule has 2 saturated carbocycles. The molecular weight excluding hydrogens is 317 g/mol. The molecule has 2 aliphatic rings. The average molecular weight is 340 g/mol. The summed E-state index contributed by atoms with van der Waals surface area (Å²) in [5.41, 5.74) is 0.831. The normalized spacial score (nSPS) is 29.9. The van der Waals surface area contributed by atoms with Crippen molar-refractivity contribution in [3.63, 3.8) is 0 Å². The molecule has 0 amide bonds. The highest BCUT2D eigenvalue weighted by atomic mass is 79.9. The minimum atomic E-state index is -0.0894. The van der Waals surface area contributed by atoms with Crippen molar-refractivity contribution in [2.45, 2.75) is 45.1 Å². The summed E-state index contributed by atoms with van der Waals surface area (Å²) in [6.07, 6.45) is 6.71. The predicted octanol–water partition coefficient (Wildman–Crippen LogP) is 5.07. The van der Waals surface area contributed by atoms with Gasteiger partial charge >= 0.3 is 0 Å². The lowest BCUT2D eigenvalue weighted by Crippen LogP contribution is -2.26. The Kier molecular flexibility index (Phi) is 4.46. The first-order valence-electron chi connectivity index (χ1n) is 7.85. The van der Waals surface area contributed by atoms with Gasteiger partial charge in [-0.05, 0) is 62.1 Å². The Hall–Kier alpha value is -0.410. The van der Waals surface area contributed by atoms with E-state index in [1.165, 1.54) is 25.7 Å². The maximum absolute atomic E-state index is 14.2. The van der Waals surface area contributed by atoms with E-state index in [-0.39, 0.29) is 11.9 Å². The molecule has 1 aromatic carbocycles. The fourth-order valence-corrected chi connectivity index (χ4v) is 4.65. The Labute approximate surface area is 129 Å². The molecular formula is C17H23BrFN. The van der Waals surface area contributed by atoms with Crippen LogP contribution in [-0.4, -0.2) is 6.54 Å². The molecule has 0 radical (unpaired) electrons. The minimum absolute atomic E-state index is 0.0894. The van der Waals surface area contributed by atoms with Gasteiger partial charge in [-0.15, -0.1) is 0 Å². The molecule has 1 aromatic rings. The summed E-state index contributed by atoms with van der Waals surface area (Å²) in [6.45, 7) is 2.99. The summed E-state index contributed by atoms with van der Waals surface area (Å²) < 4.78 is 15.0. The van der Waals surface area contributed by atoms with Crippen LogP contribution in [0.4, 0.5) is 4.39 Å². The molecule has 110 valence electrons. The van der Waals surface area contributed by atoms with Crippen LogP contribution in [0.15, 0.2) is 22.7 Å². The van der Waals surface area contributed by atoms with Gasteiger partial charge in [0.2, 0.25) is 0 Å². The first kappa shape index (κ1) is 14.5. The summed E-state index contributed by atoms with van der Waals surface area (Å²) >= 11 is 3.34. The van der Waals surface area contributed by atoms with Gasteiger partial charge in [0.25, 0.3) is 0 Å². The Morgan fingerprint density at radius 2 is 2.20 bits per heavy atom. The van der Waals surface area contributed by atoms with Gasteiger partial charge in [-0.2, -0.15) is 0 Å². The standard InChI is InChI=1S/C17H23BrFN/c1-2-20-17(15-6-5-14(18)10-16(15)19)9-13-8-11-3-4-12(13)7-11/h5-6,10-13,17,20H,2-4,7-9H2,1H3. The first-order chi connectivity index (χ1) is 9.67. The van der Waals surface area contributed by atoms with E-state index in [4.69, 9.17) is 0 Å². The van der Waals surface area contributed by atoms with E-state index in [1.54, 1.807) is 6.07 Å². The molecule has 20 heavy (non-hydrogen) atoms. The lowest BCUT2D eigenvalue weighted by Gasteiger charge is -2.27. The quantitative estimate of drug-likeness (QED) is 0.789. The van der Waals surface area contributed by atoms with Crippen molar-refractivity contribution in [1.82, 2.24) is 5.32 Å². The molecule has 1 nitrogen and oxygen atoms in total. The molecule has 2 aliphatic carbocycles. The van der Waals surface area contributed by atoms with Crippen LogP contribution >= 0.6 is 15.9 Å². The van der Waals surface area contributed by atoms with Crippen LogP contribution in [0.5, 0.6) is 0 Å². The molecule has 2 fully saturated rings. The second-order valence-corrected chi connectivity index (χ2v) is 7.36. The van der Waals surface area contributed by atoms with E-state index in [0.29, 0.717) is 0 Å². The highest BCUT2D eigenvalue weighted by molar-refractivity contribution is 9.10. The number of fused-ring (bicyclic) bond motifs is 2. The van der Waals surface area contributed by atoms with Crippen LogP contribution in [0.3, 0.4) is 0 Å². The van der Waals surface area contributed by atoms with Gasteiger partial charge in [-0.1, -0.05) is 35.3 Å². The van der Waals surface area contributed by atoms with Gasteiger partial charge in [0.15, 0.2) is 0 Å². The Bertz CT molecular complexity index is 476. The van der Waals surface area contributed by atoms with Crippen LogP contribution in [0.25, 0.3) is 0 Å². The van der Waals surface area contributed by atoms with Gasteiger partial charge in [-0.3, -0.25) is 0 Å². The zero-order valence-corrected chi connectivity index (χ0v) is 13.6. The minimum Gasteiger partial charge on any atom is -0.310 e. The van der Waals surface area contributed by atoms with Gasteiger partial charge in [0, 0.05) is 16.1 Å². The van der Waals surface area contributed by atoms with Crippen molar-refractivity contribution in [2.75, 3.05) is 6.54 Å². The smallest absolute Gasteiger partial charge is 0.129 e. The molecule has 2 bridgehead atoms. The van der Waals surface area contributed by atoms with Crippen LogP contribution in [0, 0.1) is 23.6 Å². The third-order valence-electron chi connectivity index (χ3n) is 5.21. The average Bonchev–Trinajstić information content (AvgIpc) is 3.00. The third-order valence-corrected chi connectivity index (χ3v) is 5.70. The van der Waals surface area contributed by atoms with E-state index in [9.17, 15) is 4.39 Å². The highest BCUT2D eigenvalue weighted by Gasteiger charge is 2.40. The molecule has 4 atom stereocenters. The molecule has 0 aliphatic heterocycles. The maximum Gasteiger partial charge on any atom is 0.129 e. The monoisotopic (exact) mass is 339 g/mol. The van der Waals surface area contributed by atoms with Crippen molar-refractivity contribution in [3.05, 3.63) is 34.1 Å². The molecule has 3 rings (SSSR count). The van der Waals surface area contributed by atoms with Crippen LogP contribution in [-0.2, 0) is 0 Å². The Balaban J connectivity index is 1.75. The van der Waals surface area contributed by atoms with Crippen LogP contribution < -0.4 is 5.32 Å². The number of rotatable bonds is 5. The van der Waals surface area contributed by atoms with E-state index >= 15 is 0 Å². The molecule has 0 aromatic heterocycles. The molecule has 0 spiro atoms. The number of halogens is 2. The summed E-state index contributed by atoms with van der Waals surface area (Å²) in [4.78, 5) is 0. The summed E-state index contributed by atoms with van der Waals surface area (Å²) in [5, 5.41) is 3.49. The summed E-state index contributed by atoms with van der Waals surface area (Å²) in [5.74, 6) is 2.57. The highest BCUT2D eigenvalue weighted by Crippen LogP contribution is 2.51.